The summed E-state index contributed by atoms with van der Waals surface area (Å²) < 4.78 is 0.249. The third-order valence-corrected chi connectivity index (χ3v) is 5.19. The fourth-order valence-electron chi connectivity index (χ4n) is 2.01. The standard InChI is InChI=1S/C14H9IOS/c15-13-9-5-1-2-6-10(9)14(16)17-12-8-4-3-7-11(12)13/h1-8,13H. The van der Waals surface area contributed by atoms with Gasteiger partial charge in [0, 0.05) is 10.5 Å². The lowest BCUT2D eigenvalue weighted by atomic mass is 10.0. The van der Waals surface area contributed by atoms with Crippen LogP contribution in [0.1, 0.15) is 25.4 Å². The zero-order chi connectivity index (χ0) is 11.8. The second-order valence-electron chi connectivity index (χ2n) is 3.88. The zero-order valence-corrected chi connectivity index (χ0v) is 11.9. The van der Waals surface area contributed by atoms with Crippen LogP contribution < -0.4 is 0 Å². The molecule has 0 fully saturated rings. The van der Waals surface area contributed by atoms with Crippen LogP contribution >= 0.6 is 34.4 Å². The molecule has 0 N–H and O–H groups in total. The van der Waals surface area contributed by atoms with Crippen molar-refractivity contribution in [3.05, 3.63) is 65.2 Å². The normalized spacial score (nSPS) is 18.2. The molecule has 1 nitrogen and oxygen atoms in total. The number of alkyl halides is 1. The molecule has 17 heavy (non-hydrogen) atoms. The van der Waals surface area contributed by atoms with E-state index in [2.05, 4.69) is 28.7 Å². The molecule has 0 spiro atoms. The number of halogens is 1. The Bertz CT molecular complexity index is 594. The first-order valence-corrected chi connectivity index (χ1v) is 7.37. The van der Waals surface area contributed by atoms with Crippen molar-refractivity contribution in [1.82, 2.24) is 0 Å². The van der Waals surface area contributed by atoms with Crippen LogP contribution in [0.2, 0.25) is 0 Å². The predicted molar refractivity (Wildman–Crippen MR) is 78.9 cm³/mol. The molecule has 0 aliphatic carbocycles. The smallest absolute Gasteiger partial charge is 0.224 e. The lowest BCUT2D eigenvalue weighted by Gasteiger charge is -2.11. The Morgan fingerprint density at radius 2 is 1.59 bits per heavy atom. The maximum atomic E-state index is 12.2. The fourth-order valence-corrected chi connectivity index (χ4v) is 4.25. The van der Waals surface area contributed by atoms with Gasteiger partial charge in [0.1, 0.15) is 0 Å². The minimum Gasteiger partial charge on any atom is -0.281 e. The van der Waals surface area contributed by atoms with E-state index in [1.165, 1.54) is 17.3 Å². The molecule has 1 aliphatic heterocycles. The Balaban J connectivity index is 2.26. The average molecular weight is 352 g/mol. The van der Waals surface area contributed by atoms with E-state index in [-0.39, 0.29) is 9.04 Å². The molecule has 3 heteroatoms. The molecule has 3 rings (SSSR count). The summed E-state index contributed by atoms with van der Waals surface area (Å²) in [6.45, 7) is 0. The van der Waals surface area contributed by atoms with E-state index in [0.717, 1.165) is 16.0 Å². The van der Waals surface area contributed by atoms with Gasteiger partial charge >= 0.3 is 0 Å². The van der Waals surface area contributed by atoms with E-state index < -0.39 is 0 Å². The van der Waals surface area contributed by atoms with Gasteiger partial charge in [0.05, 0.1) is 3.92 Å². The first kappa shape index (κ1) is 11.3. The molecule has 0 radical (unpaired) electrons. The van der Waals surface area contributed by atoms with Crippen LogP contribution in [0, 0.1) is 0 Å². The molecule has 0 saturated carbocycles. The maximum Gasteiger partial charge on any atom is 0.224 e. The van der Waals surface area contributed by atoms with Crippen molar-refractivity contribution in [1.29, 1.82) is 0 Å². The van der Waals surface area contributed by atoms with Crippen molar-refractivity contribution in [3.63, 3.8) is 0 Å². The Morgan fingerprint density at radius 1 is 0.941 bits per heavy atom. The van der Waals surface area contributed by atoms with Gasteiger partial charge in [-0.3, -0.25) is 4.79 Å². The van der Waals surface area contributed by atoms with Crippen LogP contribution in [0.15, 0.2) is 53.4 Å². The van der Waals surface area contributed by atoms with Crippen LogP contribution in [0.3, 0.4) is 0 Å². The fraction of sp³-hybridized carbons (Fsp3) is 0.0714. The van der Waals surface area contributed by atoms with Gasteiger partial charge in [0.25, 0.3) is 0 Å². The van der Waals surface area contributed by atoms with Crippen LogP contribution in [0.4, 0.5) is 0 Å². The molecule has 0 amide bonds. The molecule has 0 bridgehead atoms. The molecular weight excluding hydrogens is 343 g/mol. The Kier molecular flexibility index (Phi) is 2.96. The highest BCUT2D eigenvalue weighted by Crippen LogP contribution is 2.43. The largest absolute Gasteiger partial charge is 0.281 e. The van der Waals surface area contributed by atoms with Gasteiger partial charge in [-0.2, -0.15) is 0 Å². The summed E-state index contributed by atoms with van der Waals surface area (Å²) in [4.78, 5) is 13.3. The van der Waals surface area contributed by atoms with Crippen molar-refractivity contribution in [2.24, 2.45) is 0 Å². The lowest BCUT2D eigenvalue weighted by Crippen LogP contribution is -1.98. The number of thioether (sulfide) groups is 1. The van der Waals surface area contributed by atoms with Gasteiger partial charge in [0.15, 0.2) is 0 Å². The van der Waals surface area contributed by atoms with Gasteiger partial charge in [-0.15, -0.1) is 0 Å². The van der Waals surface area contributed by atoms with Gasteiger partial charge in [-0.05, 0) is 29.0 Å². The Hall–Kier alpha value is -0.810. The molecule has 84 valence electrons. The molecule has 2 aromatic carbocycles. The van der Waals surface area contributed by atoms with Crippen molar-refractivity contribution < 1.29 is 4.79 Å². The number of fused-ring (bicyclic) bond motifs is 2. The van der Waals surface area contributed by atoms with Crippen LogP contribution in [0.25, 0.3) is 0 Å². The minimum atomic E-state index is 0.146. The van der Waals surface area contributed by atoms with E-state index >= 15 is 0 Å². The molecule has 0 saturated heterocycles. The highest BCUT2D eigenvalue weighted by Gasteiger charge is 2.25. The monoisotopic (exact) mass is 352 g/mol. The SMILES string of the molecule is O=C1Sc2ccccc2C(I)c2ccccc21. The van der Waals surface area contributed by atoms with E-state index in [1.54, 1.807) is 0 Å². The molecule has 2 aromatic rings. The lowest BCUT2D eigenvalue weighted by molar-refractivity contribution is 0.108. The average Bonchev–Trinajstić information content (AvgIpc) is 2.48. The van der Waals surface area contributed by atoms with Crippen molar-refractivity contribution in [3.8, 4) is 0 Å². The van der Waals surface area contributed by atoms with E-state index in [9.17, 15) is 4.79 Å². The van der Waals surface area contributed by atoms with Crippen LogP contribution in [0.5, 0.6) is 0 Å². The minimum absolute atomic E-state index is 0.146. The van der Waals surface area contributed by atoms with Crippen molar-refractivity contribution in [2.45, 2.75) is 8.82 Å². The summed E-state index contributed by atoms with van der Waals surface area (Å²) in [6, 6.07) is 16.0. The second-order valence-corrected chi connectivity index (χ2v) is 6.14. The highest BCUT2D eigenvalue weighted by atomic mass is 127. The summed E-state index contributed by atoms with van der Waals surface area (Å²) in [5, 5.41) is 0.146. The Morgan fingerprint density at radius 3 is 2.41 bits per heavy atom. The quantitative estimate of drug-likeness (QED) is 0.515. The Labute approximate surface area is 118 Å². The third kappa shape index (κ3) is 1.91. The molecule has 1 atom stereocenters. The summed E-state index contributed by atoms with van der Waals surface area (Å²) >= 11 is 3.74. The first-order chi connectivity index (χ1) is 8.27. The maximum absolute atomic E-state index is 12.2. The summed E-state index contributed by atoms with van der Waals surface area (Å²) in [6.07, 6.45) is 0. The molecule has 1 unspecified atom stereocenters. The van der Waals surface area contributed by atoms with Crippen LogP contribution in [-0.2, 0) is 0 Å². The van der Waals surface area contributed by atoms with Gasteiger partial charge in [-0.1, -0.05) is 65.1 Å². The van der Waals surface area contributed by atoms with Gasteiger partial charge in [0.2, 0.25) is 5.12 Å². The number of hydrogen-bond acceptors (Lipinski definition) is 2. The predicted octanol–water partition coefficient (Wildman–Crippen LogP) is 4.46. The first-order valence-electron chi connectivity index (χ1n) is 5.31. The summed E-state index contributed by atoms with van der Waals surface area (Å²) in [5.74, 6) is 0. The molecule has 1 aliphatic rings. The number of carbonyl (C=O) groups is 1. The number of carbonyl (C=O) groups excluding carboxylic acids is 1. The molecule has 0 aromatic heterocycles. The number of rotatable bonds is 0. The second kappa shape index (κ2) is 4.46. The molecular formula is C14H9IOS. The highest BCUT2D eigenvalue weighted by molar-refractivity contribution is 14.1. The number of benzene rings is 2. The zero-order valence-electron chi connectivity index (χ0n) is 8.89. The third-order valence-electron chi connectivity index (χ3n) is 2.85. The topological polar surface area (TPSA) is 17.1 Å². The number of hydrogen-bond donors (Lipinski definition) is 0. The summed E-state index contributed by atoms with van der Waals surface area (Å²) in [5.41, 5.74) is 3.19. The molecule has 1 heterocycles. The van der Waals surface area contributed by atoms with Crippen LogP contribution in [-0.4, -0.2) is 5.12 Å². The van der Waals surface area contributed by atoms with E-state index in [4.69, 9.17) is 0 Å². The summed E-state index contributed by atoms with van der Waals surface area (Å²) in [7, 11) is 0. The van der Waals surface area contributed by atoms with E-state index in [0.29, 0.717) is 0 Å². The van der Waals surface area contributed by atoms with Gasteiger partial charge in [-0.25, -0.2) is 0 Å². The van der Waals surface area contributed by atoms with Crippen molar-refractivity contribution >= 4 is 39.5 Å². The van der Waals surface area contributed by atoms with Gasteiger partial charge < -0.3 is 0 Å². The van der Waals surface area contributed by atoms with E-state index in [1.807, 2.05) is 42.5 Å². The van der Waals surface area contributed by atoms with Crippen molar-refractivity contribution in [2.75, 3.05) is 0 Å².